The highest BCUT2D eigenvalue weighted by Crippen LogP contribution is 2.30. The van der Waals surface area contributed by atoms with Gasteiger partial charge in [0.05, 0.1) is 11.4 Å². The van der Waals surface area contributed by atoms with E-state index in [9.17, 15) is 18.0 Å². The first-order valence-corrected chi connectivity index (χ1v) is 10.6. The molecule has 2 aliphatic heterocycles. The lowest BCUT2D eigenvalue weighted by Gasteiger charge is -2.25. The smallest absolute Gasteiger partial charge is 0.283 e. The number of hydrogen-bond acceptors (Lipinski definition) is 7. The van der Waals surface area contributed by atoms with Crippen LogP contribution in [0.5, 0.6) is 11.5 Å². The van der Waals surface area contributed by atoms with E-state index in [1.54, 1.807) is 42.5 Å². The van der Waals surface area contributed by atoms with Crippen molar-refractivity contribution in [3.63, 3.8) is 0 Å². The van der Waals surface area contributed by atoms with Gasteiger partial charge in [-0.2, -0.15) is 0 Å². The number of nitrogens with zero attached hydrogens (tertiary/aromatic N) is 1. The molecule has 2 aliphatic rings. The lowest BCUT2D eigenvalue weighted by atomic mass is 10.2. The van der Waals surface area contributed by atoms with Crippen molar-refractivity contribution < 1.29 is 27.5 Å². The van der Waals surface area contributed by atoms with Gasteiger partial charge >= 0.3 is 0 Å². The molecule has 2 heterocycles. The number of aliphatic imine (C=N–C) groups is 1. The molecule has 0 aliphatic carbocycles. The minimum absolute atomic E-state index is 0.0198. The number of amides is 2. The molecule has 2 aromatic rings. The van der Waals surface area contributed by atoms with E-state index in [-0.39, 0.29) is 30.3 Å². The van der Waals surface area contributed by atoms with Crippen molar-refractivity contribution in [1.82, 2.24) is 15.6 Å². The molecule has 0 fully saturated rings. The molecular weight excluding hydrogens is 412 g/mol. The lowest BCUT2D eigenvalue weighted by molar-refractivity contribution is -0.135. The van der Waals surface area contributed by atoms with Crippen LogP contribution in [0.4, 0.5) is 0 Å². The van der Waals surface area contributed by atoms with Gasteiger partial charge in [-0.15, -0.1) is 0 Å². The third-order valence-corrected chi connectivity index (χ3v) is 5.79. The highest BCUT2D eigenvalue weighted by Gasteiger charge is 2.30. The third-order valence-electron chi connectivity index (χ3n) is 4.40. The lowest BCUT2D eigenvalue weighted by Crippen LogP contribution is -2.50. The fourth-order valence-corrected chi connectivity index (χ4v) is 4.19. The normalized spacial score (nSPS) is 19.5. The summed E-state index contributed by atoms with van der Waals surface area (Å²) >= 11 is 0. The summed E-state index contributed by atoms with van der Waals surface area (Å²) in [6.45, 7) is 0.0518. The Bertz CT molecular complexity index is 1130. The number of carbonyl (C=O) groups excluding carboxylic acids is 2. The zero-order chi connectivity index (χ0) is 21.1. The number of amidine groups is 1. The average Bonchev–Trinajstić information content (AvgIpc) is 3.02. The van der Waals surface area contributed by atoms with Crippen molar-refractivity contribution in [3.8, 4) is 11.5 Å². The van der Waals surface area contributed by atoms with Gasteiger partial charge < -0.3 is 9.47 Å². The molecule has 11 heteroatoms. The van der Waals surface area contributed by atoms with Gasteiger partial charge in [0, 0.05) is 12.0 Å². The average molecular weight is 430 g/mol. The highest BCUT2D eigenvalue weighted by atomic mass is 32.2. The Labute approximate surface area is 172 Å². The molecule has 0 radical (unpaired) electrons. The number of sulfonamides is 1. The molecular formula is C19H18N4O6S. The van der Waals surface area contributed by atoms with E-state index in [2.05, 4.69) is 20.6 Å². The maximum absolute atomic E-state index is 12.2. The summed E-state index contributed by atoms with van der Waals surface area (Å²) in [6, 6.07) is 13.4. The first-order valence-electron chi connectivity index (χ1n) is 9.08. The molecule has 2 aromatic carbocycles. The summed E-state index contributed by atoms with van der Waals surface area (Å²) in [5.41, 5.74) is 5.03. The second kappa shape index (κ2) is 8.03. The van der Waals surface area contributed by atoms with Crippen molar-refractivity contribution in [1.29, 1.82) is 0 Å². The molecule has 0 aromatic heterocycles. The summed E-state index contributed by atoms with van der Waals surface area (Å²) in [6.07, 6.45) is -0.955. The second-order valence-corrected chi connectivity index (χ2v) is 8.13. The molecule has 0 bridgehead atoms. The van der Waals surface area contributed by atoms with Crippen LogP contribution in [0.15, 0.2) is 58.4 Å². The monoisotopic (exact) mass is 430 g/mol. The molecule has 1 atom stereocenters. The van der Waals surface area contributed by atoms with E-state index < -0.39 is 27.9 Å². The molecule has 156 valence electrons. The van der Waals surface area contributed by atoms with E-state index in [1.807, 2.05) is 0 Å². The van der Waals surface area contributed by atoms with Crippen molar-refractivity contribution in [3.05, 3.63) is 54.1 Å². The fourth-order valence-electron chi connectivity index (χ4n) is 2.94. The number of para-hydroxylation sites is 2. The zero-order valence-corrected chi connectivity index (χ0v) is 16.4. The Morgan fingerprint density at radius 3 is 2.63 bits per heavy atom. The number of ether oxygens (including phenoxy) is 2. The molecule has 3 N–H and O–H groups in total. The van der Waals surface area contributed by atoms with Gasteiger partial charge in [0.1, 0.15) is 12.4 Å². The molecule has 0 unspecified atom stereocenters. The largest absolute Gasteiger partial charge is 0.485 e. The van der Waals surface area contributed by atoms with Crippen LogP contribution in [-0.4, -0.2) is 45.3 Å². The van der Waals surface area contributed by atoms with Gasteiger partial charge in [0.25, 0.3) is 15.9 Å². The van der Waals surface area contributed by atoms with Gasteiger partial charge in [-0.1, -0.05) is 24.3 Å². The van der Waals surface area contributed by atoms with Crippen LogP contribution < -0.4 is 25.0 Å². The number of hydrazine groups is 1. The summed E-state index contributed by atoms with van der Waals surface area (Å²) in [5.74, 6) is 0.147. The van der Waals surface area contributed by atoms with Gasteiger partial charge in [0.15, 0.2) is 11.5 Å². The van der Waals surface area contributed by atoms with Crippen LogP contribution in [0, 0.1) is 0 Å². The number of carbonyl (C=O) groups is 2. The molecule has 0 spiro atoms. The predicted molar refractivity (Wildman–Crippen MR) is 105 cm³/mol. The molecule has 2 amide bonds. The van der Waals surface area contributed by atoms with E-state index in [0.29, 0.717) is 17.1 Å². The van der Waals surface area contributed by atoms with Crippen LogP contribution in [0.3, 0.4) is 0 Å². The molecule has 0 saturated heterocycles. The van der Waals surface area contributed by atoms with Crippen molar-refractivity contribution in [2.75, 3.05) is 13.2 Å². The highest BCUT2D eigenvalue weighted by molar-refractivity contribution is 7.90. The molecule has 0 saturated carbocycles. The van der Waals surface area contributed by atoms with Gasteiger partial charge in [-0.25, -0.2) is 8.42 Å². The van der Waals surface area contributed by atoms with E-state index in [0.717, 1.165) is 0 Å². The molecule has 30 heavy (non-hydrogen) atoms. The quantitative estimate of drug-likeness (QED) is 0.589. The first-order chi connectivity index (χ1) is 14.4. The minimum Gasteiger partial charge on any atom is -0.485 e. The number of benzene rings is 2. The van der Waals surface area contributed by atoms with Crippen LogP contribution in [0.1, 0.15) is 12.0 Å². The molecule has 10 nitrogen and oxygen atoms in total. The standard InChI is InChI=1S/C19H18N4O6S/c24-17(9-10-20-18-12-5-1-4-8-16(12)30(26,27)23-18)21-22-19(25)15-11-28-13-6-2-3-7-14(13)29-15/h1-8,15H,9-11H2,(H,20,23)(H,21,24)(H,22,25)/t15-/m1/s1. The summed E-state index contributed by atoms with van der Waals surface area (Å²) < 4.78 is 37.4. The Morgan fingerprint density at radius 2 is 1.80 bits per heavy atom. The van der Waals surface area contributed by atoms with Crippen LogP contribution in [0.25, 0.3) is 0 Å². The zero-order valence-electron chi connectivity index (χ0n) is 15.6. The van der Waals surface area contributed by atoms with Gasteiger partial charge in [0.2, 0.25) is 12.0 Å². The Kier molecular flexibility index (Phi) is 5.27. The molecule has 4 rings (SSSR count). The van der Waals surface area contributed by atoms with Crippen LogP contribution in [0.2, 0.25) is 0 Å². The van der Waals surface area contributed by atoms with Gasteiger partial charge in [-0.05, 0) is 24.3 Å². The Hall–Kier alpha value is -3.60. The maximum Gasteiger partial charge on any atom is 0.283 e. The summed E-state index contributed by atoms with van der Waals surface area (Å²) in [5, 5.41) is 0. The summed E-state index contributed by atoms with van der Waals surface area (Å²) in [7, 11) is -3.62. The van der Waals surface area contributed by atoms with Crippen molar-refractivity contribution in [2.45, 2.75) is 17.4 Å². The van der Waals surface area contributed by atoms with Gasteiger partial charge in [-0.3, -0.25) is 30.2 Å². The van der Waals surface area contributed by atoms with Crippen LogP contribution >= 0.6 is 0 Å². The number of rotatable bonds is 4. The Balaban J connectivity index is 1.26. The Morgan fingerprint density at radius 1 is 1.07 bits per heavy atom. The second-order valence-electron chi connectivity index (χ2n) is 6.48. The number of nitrogens with one attached hydrogen (secondary N) is 3. The van der Waals surface area contributed by atoms with E-state index >= 15 is 0 Å². The first kappa shape index (κ1) is 19.7. The van der Waals surface area contributed by atoms with Crippen molar-refractivity contribution in [2.24, 2.45) is 4.99 Å². The minimum atomic E-state index is -3.62. The van der Waals surface area contributed by atoms with E-state index in [4.69, 9.17) is 9.47 Å². The van der Waals surface area contributed by atoms with E-state index in [1.165, 1.54) is 6.07 Å². The SMILES string of the molecule is O=C(CCN=C1NS(=O)(=O)c2ccccc21)NNC(=O)[C@H]1COc2ccccc2O1. The third kappa shape index (κ3) is 4.06. The number of fused-ring (bicyclic) bond motifs is 2. The van der Waals surface area contributed by atoms with Crippen molar-refractivity contribution >= 4 is 27.7 Å². The fraction of sp³-hybridized carbons (Fsp3) is 0.211. The maximum atomic E-state index is 12.2. The predicted octanol–water partition coefficient (Wildman–Crippen LogP) is 0.103. The number of hydrogen-bond donors (Lipinski definition) is 3. The topological polar surface area (TPSA) is 135 Å². The summed E-state index contributed by atoms with van der Waals surface area (Å²) in [4.78, 5) is 28.4. The van der Waals surface area contributed by atoms with Crippen LogP contribution in [-0.2, 0) is 19.6 Å².